The molecule has 1 aromatic heterocycles. The molecule has 2 aromatic carbocycles. The van der Waals surface area contributed by atoms with Crippen LogP contribution in [-0.2, 0) is 4.79 Å². The maximum Gasteiger partial charge on any atom is 0.178 e. The van der Waals surface area contributed by atoms with Crippen molar-refractivity contribution < 1.29 is 18.8 Å². The number of fused-ring (bicyclic) bond motifs is 1. The van der Waals surface area contributed by atoms with E-state index < -0.39 is 17.3 Å². The SMILES string of the molecule is O=C1C[C@H](c2ccco2)C2(C(=O)c3ccccc3C2=O)[C@H](c2ccccc2)C1. The molecular formula is C24H18O4. The molecule has 4 heteroatoms. The van der Waals surface area contributed by atoms with Gasteiger partial charge in [-0.05, 0) is 17.7 Å². The van der Waals surface area contributed by atoms with Gasteiger partial charge in [-0.25, -0.2) is 0 Å². The van der Waals surface area contributed by atoms with Crippen LogP contribution in [0.4, 0.5) is 0 Å². The van der Waals surface area contributed by atoms with Gasteiger partial charge in [0.1, 0.15) is 17.0 Å². The molecule has 0 N–H and O–H groups in total. The molecule has 1 fully saturated rings. The van der Waals surface area contributed by atoms with Crippen LogP contribution in [-0.4, -0.2) is 17.3 Å². The van der Waals surface area contributed by atoms with Crippen LogP contribution in [0.1, 0.15) is 56.7 Å². The monoisotopic (exact) mass is 370 g/mol. The summed E-state index contributed by atoms with van der Waals surface area (Å²) in [6, 6.07) is 19.9. The lowest BCUT2D eigenvalue weighted by atomic mass is 9.55. The van der Waals surface area contributed by atoms with E-state index in [1.54, 1.807) is 36.4 Å². The fourth-order valence-corrected chi connectivity index (χ4v) is 5.05. The lowest BCUT2D eigenvalue weighted by Crippen LogP contribution is -2.49. The minimum absolute atomic E-state index is 0.0393. The summed E-state index contributed by atoms with van der Waals surface area (Å²) in [6.07, 6.45) is 1.83. The van der Waals surface area contributed by atoms with Crippen LogP contribution in [0.2, 0.25) is 0 Å². The van der Waals surface area contributed by atoms with E-state index >= 15 is 0 Å². The molecular weight excluding hydrogens is 352 g/mol. The van der Waals surface area contributed by atoms with Gasteiger partial charge in [-0.2, -0.15) is 0 Å². The summed E-state index contributed by atoms with van der Waals surface area (Å²) in [4.78, 5) is 40.3. The second kappa shape index (κ2) is 6.13. The molecule has 1 spiro atoms. The maximum atomic E-state index is 13.8. The molecule has 2 aliphatic rings. The van der Waals surface area contributed by atoms with Gasteiger partial charge in [-0.1, -0.05) is 54.6 Å². The van der Waals surface area contributed by atoms with Crippen molar-refractivity contribution in [3.8, 4) is 0 Å². The quantitative estimate of drug-likeness (QED) is 0.620. The molecule has 0 aliphatic heterocycles. The lowest BCUT2D eigenvalue weighted by molar-refractivity contribution is -0.122. The van der Waals surface area contributed by atoms with E-state index in [0.717, 1.165) is 5.56 Å². The molecule has 0 bridgehead atoms. The summed E-state index contributed by atoms with van der Waals surface area (Å²) in [5.74, 6) is -0.966. The summed E-state index contributed by atoms with van der Waals surface area (Å²) in [7, 11) is 0. The number of hydrogen-bond donors (Lipinski definition) is 0. The van der Waals surface area contributed by atoms with Crippen molar-refractivity contribution in [1.29, 1.82) is 0 Å². The number of hydrogen-bond acceptors (Lipinski definition) is 4. The molecule has 3 aromatic rings. The summed E-state index contributed by atoms with van der Waals surface area (Å²) in [5, 5.41) is 0. The Morgan fingerprint density at radius 1 is 0.714 bits per heavy atom. The molecule has 0 unspecified atom stereocenters. The molecule has 2 aliphatic carbocycles. The minimum Gasteiger partial charge on any atom is -0.469 e. The maximum absolute atomic E-state index is 13.8. The third-order valence-electron chi connectivity index (χ3n) is 6.22. The Balaban J connectivity index is 1.79. The second-order valence-corrected chi connectivity index (χ2v) is 7.55. The lowest BCUT2D eigenvalue weighted by Gasteiger charge is -2.43. The van der Waals surface area contributed by atoms with Crippen LogP contribution in [0, 0.1) is 5.41 Å². The number of carbonyl (C=O) groups is 3. The van der Waals surface area contributed by atoms with Gasteiger partial charge in [0.2, 0.25) is 0 Å². The normalized spacial score (nSPS) is 23.2. The third-order valence-corrected chi connectivity index (χ3v) is 6.22. The van der Waals surface area contributed by atoms with Gasteiger partial charge < -0.3 is 4.42 Å². The Hall–Kier alpha value is -3.27. The van der Waals surface area contributed by atoms with Crippen LogP contribution in [0.15, 0.2) is 77.4 Å². The number of furan rings is 1. The highest BCUT2D eigenvalue weighted by atomic mass is 16.3. The first kappa shape index (κ1) is 16.9. The average Bonchev–Trinajstić information content (AvgIpc) is 3.33. The molecule has 4 nitrogen and oxygen atoms in total. The smallest absolute Gasteiger partial charge is 0.178 e. The van der Waals surface area contributed by atoms with E-state index in [9.17, 15) is 14.4 Å². The van der Waals surface area contributed by atoms with Crippen LogP contribution in [0.25, 0.3) is 0 Å². The van der Waals surface area contributed by atoms with Crippen molar-refractivity contribution in [2.75, 3.05) is 0 Å². The van der Waals surface area contributed by atoms with Gasteiger partial charge in [-0.3, -0.25) is 14.4 Å². The fourth-order valence-electron chi connectivity index (χ4n) is 5.05. The highest BCUT2D eigenvalue weighted by Gasteiger charge is 2.65. The Morgan fingerprint density at radius 3 is 1.93 bits per heavy atom. The van der Waals surface area contributed by atoms with Gasteiger partial charge in [0.25, 0.3) is 0 Å². The average molecular weight is 370 g/mol. The standard InChI is InChI=1S/C24H18O4/c25-16-13-19(15-7-2-1-3-8-15)24(20(14-16)21-11-6-12-28-21)22(26)17-9-4-5-10-18(17)23(24)27/h1-12,19-20H,13-14H2/t19-,20+/m0/s1. The zero-order valence-corrected chi connectivity index (χ0v) is 15.1. The molecule has 2 atom stereocenters. The van der Waals surface area contributed by atoms with Gasteiger partial charge in [-0.15, -0.1) is 0 Å². The van der Waals surface area contributed by atoms with Crippen molar-refractivity contribution in [1.82, 2.24) is 0 Å². The summed E-state index contributed by atoms with van der Waals surface area (Å²) >= 11 is 0. The van der Waals surface area contributed by atoms with Crippen molar-refractivity contribution in [2.24, 2.45) is 5.41 Å². The van der Waals surface area contributed by atoms with E-state index in [-0.39, 0.29) is 30.2 Å². The number of benzene rings is 2. The molecule has 1 saturated carbocycles. The van der Waals surface area contributed by atoms with E-state index in [0.29, 0.717) is 16.9 Å². The molecule has 0 saturated heterocycles. The predicted octanol–water partition coefficient (Wildman–Crippen LogP) is 4.58. The number of ketones is 3. The molecule has 0 amide bonds. The van der Waals surface area contributed by atoms with Crippen molar-refractivity contribution >= 4 is 17.3 Å². The van der Waals surface area contributed by atoms with Crippen molar-refractivity contribution in [3.05, 3.63) is 95.4 Å². The first-order chi connectivity index (χ1) is 13.6. The van der Waals surface area contributed by atoms with Gasteiger partial charge >= 0.3 is 0 Å². The molecule has 138 valence electrons. The summed E-state index contributed by atoms with van der Waals surface area (Å²) in [6.45, 7) is 0. The molecule has 1 heterocycles. The van der Waals surface area contributed by atoms with E-state index in [1.807, 2.05) is 30.3 Å². The highest BCUT2D eigenvalue weighted by molar-refractivity contribution is 6.31. The van der Waals surface area contributed by atoms with E-state index in [1.165, 1.54) is 6.26 Å². The van der Waals surface area contributed by atoms with E-state index in [4.69, 9.17) is 4.42 Å². The first-order valence-electron chi connectivity index (χ1n) is 9.42. The third kappa shape index (κ3) is 2.15. The predicted molar refractivity (Wildman–Crippen MR) is 102 cm³/mol. The van der Waals surface area contributed by atoms with Crippen LogP contribution >= 0.6 is 0 Å². The Bertz CT molecular complexity index is 1040. The topological polar surface area (TPSA) is 64.3 Å². The van der Waals surface area contributed by atoms with Crippen LogP contribution < -0.4 is 0 Å². The zero-order valence-electron chi connectivity index (χ0n) is 15.1. The largest absolute Gasteiger partial charge is 0.469 e. The zero-order chi connectivity index (χ0) is 19.3. The molecule has 28 heavy (non-hydrogen) atoms. The first-order valence-corrected chi connectivity index (χ1v) is 9.42. The summed E-state index contributed by atoms with van der Waals surface area (Å²) in [5.41, 5.74) is 0.372. The Morgan fingerprint density at radius 2 is 1.32 bits per heavy atom. The van der Waals surface area contributed by atoms with Gasteiger partial charge in [0, 0.05) is 35.8 Å². The molecule has 0 radical (unpaired) electrons. The van der Waals surface area contributed by atoms with Crippen LogP contribution in [0.5, 0.6) is 0 Å². The van der Waals surface area contributed by atoms with Crippen LogP contribution in [0.3, 0.4) is 0 Å². The van der Waals surface area contributed by atoms with E-state index in [2.05, 4.69) is 0 Å². The number of Topliss-reactive ketones (excluding diaryl/α,β-unsaturated/α-hetero) is 3. The second-order valence-electron chi connectivity index (χ2n) is 7.55. The molecule has 5 rings (SSSR count). The van der Waals surface area contributed by atoms with Gasteiger partial charge in [0.15, 0.2) is 11.6 Å². The Labute approximate surface area is 162 Å². The summed E-state index contributed by atoms with van der Waals surface area (Å²) < 4.78 is 5.63. The number of rotatable bonds is 2. The van der Waals surface area contributed by atoms with Gasteiger partial charge in [0.05, 0.1) is 6.26 Å². The minimum atomic E-state index is -1.35. The van der Waals surface area contributed by atoms with Crippen molar-refractivity contribution in [2.45, 2.75) is 24.7 Å². The van der Waals surface area contributed by atoms with Crippen molar-refractivity contribution in [3.63, 3.8) is 0 Å². The highest BCUT2D eigenvalue weighted by Crippen LogP contribution is 2.60. The fraction of sp³-hybridized carbons (Fsp3) is 0.208. The number of carbonyl (C=O) groups excluding carboxylic acids is 3. The Kier molecular flexibility index (Phi) is 3.69.